The first-order valence-corrected chi connectivity index (χ1v) is 9.28. The van der Waals surface area contributed by atoms with E-state index in [1.54, 1.807) is 31.2 Å². The Hall–Kier alpha value is -2.54. The molecule has 0 spiro atoms. The maximum Gasteiger partial charge on any atom is 0.416 e. The number of carbonyl (C=O) groups excluding carboxylic acids is 1. The topological polar surface area (TPSA) is 32.8 Å². The van der Waals surface area contributed by atoms with Crippen LogP contribution in [-0.4, -0.2) is 43.7 Å². The number of alkyl halides is 3. The van der Waals surface area contributed by atoms with Crippen LogP contribution in [0.4, 0.5) is 18.9 Å². The highest BCUT2D eigenvalue weighted by molar-refractivity contribution is 5.89. The van der Waals surface area contributed by atoms with Gasteiger partial charge in [0.2, 0.25) is 0 Å². The fourth-order valence-electron chi connectivity index (χ4n) is 3.36. The fraction of sp³-hybridized carbons (Fsp3) is 0.381. The second-order valence-corrected chi connectivity index (χ2v) is 6.69. The lowest BCUT2D eigenvalue weighted by molar-refractivity contribution is -0.138. The number of piperazine rings is 1. The van der Waals surface area contributed by atoms with Crippen LogP contribution in [0.5, 0.6) is 0 Å². The van der Waals surface area contributed by atoms with Gasteiger partial charge in [-0.05, 0) is 42.8 Å². The molecule has 0 aromatic heterocycles. The number of esters is 1. The summed E-state index contributed by atoms with van der Waals surface area (Å²) in [4.78, 5) is 15.9. The van der Waals surface area contributed by atoms with Gasteiger partial charge < -0.3 is 9.64 Å². The molecular weight excluding hydrogens is 369 g/mol. The van der Waals surface area contributed by atoms with E-state index in [1.807, 2.05) is 17.0 Å². The molecule has 4 nitrogen and oxygen atoms in total. The van der Waals surface area contributed by atoms with Crippen LogP contribution in [0, 0.1) is 0 Å². The first-order chi connectivity index (χ1) is 13.4. The molecule has 0 atom stereocenters. The van der Waals surface area contributed by atoms with E-state index in [9.17, 15) is 18.0 Å². The Morgan fingerprint density at radius 1 is 1.00 bits per heavy atom. The van der Waals surface area contributed by atoms with Crippen LogP contribution in [0.2, 0.25) is 0 Å². The van der Waals surface area contributed by atoms with Crippen molar-refractivity contribution >= 4 is 11.7 Å². The lowest BCUT2D eigenvalue weighted by Crippen LogP contribution is -2.46. The molecule has 1 saturated heterocycles. The van der Waals surface area contributed by atoms with Crippen LogP contribution in [0.3, 0.4) is 0 Å². The number of carbonyl (C=O) groups is 1. The molecule has 150 valence electrons. The first-order valence-electron chi connectivity index (χ1n) is 9.28. The quantitative estimate of drug-likeness (QED) is 0.714. The fourth-order valence-corrected chi connectivity index (χ4v) is 3.36. The van der Waals surface area contributed by atoms with E-state index in [-0.39, 0.29) is 12.5 Å². The number of ether oxygens (including phenoxy) is 1. The monoisotopic (exact) mass is 392 g/mol. The molecule has 7 heteroatoms. The molecule has 1 aliphatic heterocycles. The largest absolute Gasteiger partial charge is 0.462 e. The number of benzene rings is 2. The zero-order valence-corrected chi connectivity index (χ0v) is 15.7. The van der Waals surface area contributed by atoms with Crippen LogP contribution < -0.4 is 4.90 Å². The van der Waals surface area contributed by atoms with E-state index < -0.39 is 11.7 Å². The highest BCUT2D eigenvalue weighted by Gasteiger charge is 2.33. The van der Waals surface area contributed by atoms with Gasteiger partial charge in [0.05, 0.1) is 17.7 Å². The third kappa shape index (κ3) is 4.84. The minimum Gasteiger partial charge on any atom is -0.462 e. The summed E-state index contributed by atoms with van der Waals surface area (Å²) in [6.45, 7) is 5.15. The number of nitrogens with zero attached hydrogens (tertiary/aromatic N) is 2. The zero-order chi connectivity index (χ0) is 20.1. The van der Waals surface area contributed by atoms with Gasteiger partial charge >= 0.3 is 12.1 Å². The molecule has 0 bridgehead atoms. The summed E-state index contributed by atoms with van der Waals surface area (Å²) in [7, 11) is 0. The number of anilines is 1. The van der Waals surface area contributed by atoms with Gasteiger partial charge in [0.15, 0.2) is 0 Å². The molecule has 0 saturated carbocycles. The molecule has 0 aliphatic carbocycles. The van der Waals surface area contributed by atoms with E-state index >= 15 is 0 Å². The van der Waals surface area contributed by atoms with Crippen LogP contribution >= 0.6 is 0 Å². The van der Waals surface area contributed by atoms with Gasteiger partial charge in [0, 0.05) is 38.4 Å². The van der Waals surface area contributed by atoms with Crippen molar-refractivity contribution in [1.29, 1.82) is 0 Å². The van der Waals surface area contributed by atoms with E-state index in [0.29, 0.717) is 43.9 Å². The molecule has 1 heterocycles. The Balaban J connectivity index is 1.59. The summed E-state index contributed by atoms with van der Waals surface area (Å²) < 4.78 is 44.5. The number of hydrogen-bond donors (Lipinski definition) is 0. The molecule has 0 N–H and O–H groups in total. The van der Waals surface area contributed by atoms with Crippen molar-refractivity contribution in [2.75, 3.05) is 37.7 Å². The van der Waals surface area contributed by atoms with Gasteiger partial charge in [-0.25, -0.2) is 4.79 Å². The predicted octanol–water partition coefficient (Wildman–Crippen LogP) is 4.20. The van der Waals surface area contributed by atoms with Gasteiger partial charge in [-0.3, -0.25) is 4.90 Å². The Kier molecular flexibility index (Phi) is 6.24. The highest BCUT2D eigenvalue weighted by Crippen LogP contribution is 2.32. The smallest absolute Gasteiger partial charge is 0.416 e. The maximum atomic E-state index is 13.2. The minimum absolute atomic E-state index is 0.283. The van der Waals surface area contributed by atoms with E-state index in [2.05, 4.69) is 4.90 Å². The van der Waals surface area contributed by atoms with E-state index in [0.717, 1.165) is 11.8 Å². The Labute approximate surface area is 162 Å². The molecule has 1 fully saturated rings. The van der Waals surface area contributed by atoms with Gasteiger partial charge in [-0.15, -0.1) is 0 Å². The van der Waals surface area contributed by atoms with Crippen LogP contribution in [0.25, 0.3) is 0 Å². The van der Waals surface area contributed by atoms with E-state index in [1.165, 1.54) is 6.07 Å². The lowest BCUT2D eigenvalue weighted by Gasteiger charge is -2.36. The first kappa shape index (κ1) is 20.2. The van der Waals surface area contributed by atoms with Gasteiger partial charge in [0.1, 0.15) is 0 Å². The summed E-state index contributed by atoms with van der Waals surface area (Å²) in [5, 5.41) is 0. The minimum atomic E-state index is -4.33. The summed E-state index contributed by atoms with van der Waals surface area (Å²) >= 11 is 0. The van der Waals surface area contributed by atoms with E-state index in [4.69, 9.17) is 4.74 Å². The second kappa shape index (κ2) is 8.65. The number of rotatable bonds is 5. The number of halogens is 3. The Bertz CT molecular complexity index is 798. The SMILES string of the molecule is CCOC(=O)c1ccc(N2CCN(Cc3ccccc3C(F)(F)F)CC2)cc1. The molecule has 0 radical (unpaired) electrons. The van der Waals surface area contributed by atoms with Gasteiger partial charge in [0.25, 0.3) is 0 Å². The second-order valence-electron chi connectivity index (χ2n) is 6.69. The molecule has 2 aromatic carbocycles. The van der Waals surface area contributed by atoms with Crippen molar-refractivity contribution in [2.45, 2.75) is 19.6 Å². The van der Waals surface area contributed by atoms with Crippen molar-refractivity contribution in [2.24, 2.45) is 0 Å². The third-order valence-electron chi connectivity index (χ3n) is 4.83. The third-order valence-corrected chi connectivity index (χ3v) is 4.83. The normalized spacial score (nSPS) is 15.5. The van der Waals surface area contributed by atoms with Crippen LogP contribution in [-0.2, 0) is 17.5 Å². The van der Waals surface area contributed by atoms with Crippen LogP contribution in [0.1, 0.15) is 28.4 Å². The lowest BCUT2D eigenvalue weighted by atomic mass is 10.1. The molecule has 3 rings (SSSR count). The van der Waals surface area contributed by atoms with Crippen molar-refractivity contribution < 1.29 is 22.7 Å². The number of hydrogen-bond acceptors (Lipinski definition) is 4. The maximum absolute atomic E-state index is 13.2. The molecule has 1 aliphatic rings. The standard InChI is InChI=1S/C21H23F3N2O2/c1-2-28-20(27)16-7-9-18(10-8-16)26-13-11-25(12-14-26)15-17-5-3-4-6-19(17)21(22,23)24/h3-10H,2,11-15H2,1H3. The summed E-state index contributed by atoms with van der Waals surface area (Å²) in [6.07, 6.45) is -4.33. The average molecular weight is 392 g/mol. The average Bonchev–Trinajstić information content (AvgIpc) is 2.68. The van der Waals surface area contributed by atoms with Crippen molar-refractivity contribution in [1.82, 2.24) is 4.90 Å². The van der Waals surface area contributed by atoms with Crippen molar-refractivity contribution in [3.8, 4) is 0 Å². The molecular formula is C21H23F3N2O2. The Morgan fingerprint density at radius 2 is 1.64 bits per heavy atom. The zero-order valence-electron chi connectivity index (χ0n) is 15.7. The Morgan fingerprint density at radius 3 is 2.25 bits per heavy atom. The summed E-state index contributed by atoms with van der Waals surface area (Å²) in [6, 6.07) is 13.0. The molecule has 2 aromatic rings. The molecule has 0 unspecified atom stereocenters. The highest BCUT2D eigenvalue weighted by atomic mass is 19.4. The summed E-state index contributed by atoms with van der Waals surface area (Å²) in [5.74, 6) is -0.345. The molecule has 0 amide bonds. The van der Waals surface area contributed by atoms with Gasteiger partial charge in [-0.2, -0.15) is 13.2 Å². The predicted molar refractivity (Wildman–Crippen MR) is 101 cm³/mol. The van der Waals surface area contributed by atoms with Gasteiger partial charge in [-0.1, -0.05) is 18.2 Å². The summed E-state index contributed by atoms with van der Waals surface area (Å²) in [5.41, 5.74) is 1.24. The van der Waals surface area contributed by atoms with Crippen molar-refractivity contribution in [3.05, 3.63) is 65.2 Å². The molecule has 28 heavy (non-hydrogen) atoms. The van der Waals surface area contributed by atoms with Crippen LogP contribution in [0.15, 0.2) is 48.5 Å². The van der Waals surface area contributed by atoms with Crippen molar-refractivity contribution in [3.63, 3.8) is 0 Å².